The molecule has 0 radical (unpaired) electrons. The summed E-state index contributed by atoms with van der Waals surface area (Å²) in [5.41, 5.74) is 2.06. The molecule has 11 heteroatoms. The van der Waals surface area contributed by atoms with Gasteiger partial charge in [0.15, 0.2) is 6.29 Å². The van der Waals surface area contributed by atoms with E-state index < -0.39 is 6.35 Å². The van der Waals surface area contributed by atoms with Crippen molar-refractivity contribution in [3.05, 3.63) is 41.2 Å². The lowest BCUT2D eigenvalue weighted by molar-refractivity contribution is -0.136. The lowest BCUT2D eigenvalue weighted by atomic mass is 10.1. The molecule has 3 aliphatic rings. The van der Waals surface area contributed by atoms with Gasteiger partial charge in [0.25, 0.3) is 0 Å². The minimum atomic E-state index is -1.14. The summed E-state index contributed by atoms with van der Waals surface area (Å²) in [5, 5.41) is 26.9. The van der Waals surface area contributed by atoms with Crippen LogP contribution in [0.25, 0.3) is 0 Å². The maximum absolute atomic E-state index is 12.4. The molecular formula is C26H32N8O3. The van der Waals surface area contributed by atoms with Gasteiger partial charge in [-0.15, -0.1) is 0 Å². The molecular weight excluding hydrogens is 472 g/mol. The Kier molecular flexibility index (Phi) is 7.21. The standard InChI is InChI=1S/C26H32N8O3/c1-32-8-9-33(25(36)15-32)14-18-4-7-24(30-22(18)16-35)34(20-5-6-20)26(37)31-23-10-21(19(11-27)13-29-23)28-12-17-2-3-17/h4,7,10,13,16-17,20,26,37H,2-3,5-6,8-9,12,14-15H2,1H3,(H2,28,29,31). The van der Waals surface area contributed by atoms with Gasteiger partial charge in [0.2, 0.25) is 12.3 Å². The Labute approximate surface area is 216 Å². The molecule has 194 valence electrons. The molecule has 1 aliphatic heterocycles. The second kappa shape index (κ2) is 10.7. The SMILES string of the molecule is CN1CCN(Cc2ccc(N(C3CC3)C(O)Nc3cc(NCC4CC4)c(C#N)cn3)nc2C=O)C(=O)C1. The molecule has 2 saturated carbocycles. The Morgan fingerprint density at radius 3 is 2.78 bits per heavy atom. The van der Waals surface area contributed by atoms with Gasteiger partial charge in [-0.05, 0) is 44.7 Å². The number of aliphatic hydroxyl groups excluding tert-OH is 1. The quantitative estimate of drug-likeness (QED) is 0.306. The number of aromatic nitrogens is 2. The first-order chi connectivity index (χ1) is 17.9. The summed E-state index contributed by atoms with van der Waals surface area (Å²) < 4.78 is 0. The van der Waals surface area contributed by atoms with Crippen LogP contribution in [0.3, 0.4) is 0 Å². The van der Waals surface area contributed by atoms with Crippen LogP contribution in [0, 0.1) is 17.2 Å². The van der Waals surface area contributed by atoms with Crippen molar-refractivity contribution >= 4 is 29.5 Å². The second-order valence-corrected chi connectivity index (χ2v) is 10.1. The molecule has 3 N–H and O–H groups in total. The first-order valence-corrected chi connectivity index (χ1v) is 12.7. The number of pyridine rings is 2. The van der Waals surface area contributed by atoms with Crippen molar-refractivity contribution in [3.63, 3.8) is 0 Å². The third-order valence-electron chi connectivity index (χ3n) is 7.03. The molecule has 0 bridgehead atoms. The van der Waals surface area contributed by atoms with Crippen LogP contribution in [0.5, 0.6) is 0 Å². The van der Waals surface area contributed by atoms with Gasteiger partial charge in [0.05, 0.1) is 17.8 Å². The summed E-state index contributed by atoms with van der Waals surface area (Å²) in [5.74, 6) is 1.56. The van der Waals surface area contributed by atoms with Crippen molar-refractivity contribution in [2.24, 2.45) is 5.92 Å². The second-order valence-electron chi connectivity index (χ2n) is 10.1. The van der Waals surface area contributed by atoms with Gasteiger partial charge in [-0.3, -0.25) is 14.5 Å². The van der Waals surface area contributed by atoms with Crippen LogP contribution in [0.4, 0.5) is 17.3 Å². The molecule has 0 aromatic carbocycles. The fourth-order valence-electron chi connectivity index (χ4n) is 4.48. The fraction of sp³-hybridized carbons (Fsp3) is 0.500. The van der Waals surface area contributed by atoms with E-state index in [1.54, 1.807) is 28.0 Å². The normalized spacial score (nSPS) is 18.7. The number of nitrogens with zero attached hydrogens (tertiary/aromatic N) is 6. The molecule has 3 heterocycles. The number of hydrogen-bond donors (Lipinski definition) is 3. The van der Waals surface area contributed by atoms with Crippen molar-refractivity contribution in [1.82, 2.24) is 19.8 Å². The lowest BCUT2D eigenvalue weighted by Gasteiger charge is -2.33. The third kappa shape index (κ3) is 5.98. The topological polar surface area (TPSA) is 138 Å². The molecule has 5 rings (SSSR count). The maximum Gasteiger partial charge on any atom is 0.237 e. The number of aliphatic hydroxyl groups is 1. The van der Waals surface area contributed by atoms with Gasteiger partial charge >= 0.3 is 0 Å². The van der Waals surface area contributed by atoms with Crippen LogP contribution >= 0.6 is 0 Å². The van der Waals surface area contributed by atoms with Gasteiger partial charge in [0.1, 0.15) is 23.4 Å². The number of nitrogens with one attached hydrogen (secondary N) is 2. The number of aldehydes is 1. The zero-order valence-corrected chi connectivity index (χ0v) is 20.9. The summed E-state index contributed by atoms with van der Waals surface area (Å²) in [6.45, 7) is 2.86. The molecule has 1 saturated heterocycles. The number of hydrogen-bond acceptors (Lipinski definition) is 10. The molecule has 1 atom stereocenters. The lowest BCUT2D eigenvalue weighted by Crippen LogP contribution is -2.48. The molecule has 1 unspecified atom stereocenters. The number of carbonyl (C=O) groups excluding carboxylic acids is 2. The number of rotatable bonds is 11. The van der Waals surface area contributed by atoms with E-state index in [1.165, 1.54) is 19.0 Å². The van der Waals surface area contributed by atoms with Crippen molar-refractivity contribution in [2.45, 2.75) is 44.6 Å². The number of anilines is 3. The van der Waals surface area contributed by atoms with Gasteiger partial charge < -0.3 is 25.5 Å². The predicted molar refractivity (Wildman–Crippen MR) is 138 cm³/mol. The first-order valence-electron chi connectivity index (χ1n) is 12.7. The summed E-state index contributed by atoms with van der Waals surface area (Å²) in [4.78, 5) is 38.6. The molecule has 1 amide bonds. The van der Waals surface area contributed by atoms with E-state index >= 15 is 0 Å². The van der Waals surface area contributed by atoms with Crippen LogP contribution in [-0.4, -0.2) is 82.7 Å². The summed E-state index contributed by atoms with van der Waals surface area (Å²) in [6, 6.07) is 7.54. The van der Waals surface area contributed by atoms with Gasteiger partial charge in [-0.1, -0.05) is 6.07 Å². The Bertz CT molecular complexity index is 1210. The van der Waals surface area contributed by atoms with Gasteiger partial charge in [-0.2, -0.15) is 5.26 Å². The Hall–Kier alpha value is -3.75. The Morgan fingerprint density at radius 2 is 2.11 bits per heavy atom. The van der Waals surface area contributed by atoms with Crippen LogP contribution in [-0.2, 0) is 11.3 Å². The molecule has 2 aromatic rings. The van der Waals surface area contributed by atoms with Crippen molar-refractivity contribution < 1.29 is 14.7 Å². The predicted octanol–water partition coefficient (Wildman–Crippen LogP) is 1.61. The average Bonchev–Trinajstić information content (AvgIpc) is 3.81. The minimum Gasteiger partial charge on any atom is -0.384 e. The molecule has 2 aliphatic carbocycles. The number of amides is 1. The van der Waals surface area contributed by atoms with E-state index in [2.05, 4.69) is 26.7 Å². The van der Waals surface area contributed by atoms with E-state index in [1.807, 2.05) is 11.9 Å². The van der Waals surface area contributed by atoms with E-state index in [9.17, 15) is 20.0 Å². The first kappa shape index (κ1) is 24.9. The van der Waals surface area contributed by atoms with E-state index in [-0.39, 0.29) is 17.6 Å². The van der Waals surface area contributed by atoms with E-state index in [4.69, 9.17) is 0 Å². The van der Waals surface area contributed by atoms with Crippen LogP contribution in [0.2, 0.25) is 0 Å². The molecule has 0 spiro atoms. The van der Waals surface area contributed by atoms with Gasteiger partial charge in [0, 0.05) is 50.0 Å². The monoisotopic (exact) mass is 504 g/mol. The largest absolute Gasteiger partial charge is 0.384 e. The summed E-state index contributed by atoms with van der Waals surface area (Å²) in [7, 11) is 1.91. The number of carbonyl (C=O) groups is 2. The van der Waals surface area contributed by atoms with Crippen LogP contribution < -0.4 is 15.5 Å². The van der Waals surface area contributed by atoms with E-state index in [0.717, 1.165) is 25.9 Å². The number of likely N-dealkylation sites (N-methyl/N-ethyl adjacent to an activating group) is 1. The molecule has 37 heavy (non-hydrogen) atoms. The van der Waals surface area contributed by atoms with Crippen molar-refractivity contribution in [3.8, 4) is 6.07 Å². The van der Waals surface area contributed by atoms with Crippen LogP contribution in [0.15, 0.2) is 24.4 Å². The number of piperazine rings is 1. The zero-order valence-electron chi connectivity index (χ0n) is 20.9. The Balaban J connectivity index is 1.31. The highest BCUT2D eigenvalue weighted by Gasteiger charge is 2.35. The number of nitriles is 1. The molecule has 11 nitrogen and oxygen atoms in total. The summed E-state index contributed by atoms with van der Waals surface area (Å²) in [6.07, 6.45) is 5.22. The minimum absolute atomic E-state index is 0.0230. The average molecular weight is 505 g/mol. The van der Waals surface area contributed by atoms with Crippen molar-refractivity contribution in [2.75, 3.05) is 48.8 Å². The van der Waals surface area contributed by atoms with Crippen LogP contribution in [0.1, 0.15) is 47.3 Å². The van der Waals surface area contributed by atoms with E-state index in [0.29, 0.717) is 60.3 Å². The molecule has 2 aromatic heterocycles. The molecule has 3 fully saturated rings. The summed E-state index contributed by atoms with van der Waals surface area (Å²) >= 11 is 0. The Morgan fingerprint density at radius 1 is 1.30 bits per heavy atom. The fourth-order valence-corrected chi connectivity index (χ4v) is 4.48. The highest BCUT2D eigenvalue weighted by molar-refractivity contribution is 5.80. The third-order valence-corrected chi connectivity index (χ3v) is 7.03. The van der Waals surface area contributed by atoms with Gasteiger partial charge in [-0.25, -0.2) is 9.97 Å². The van der Waals surface area contributed by atoms with Crippen molar-refractivity contribution in [1.29, 1.82) is 5.26 Å². The highest BCUT2D eigenvalue weighted by Crippen LogP contribution is 2.33. The highest BCUT2D eigenvalue weighted by atomic mass is 16.3. The maximum atomic E-state index is 12.4. The zero-order chi connectivity index (χ0) is 25.9. The smallest absolute Gasteiger partial charge is 0.237 e.